The average Bonchev–Trinajstić information content (AvgIpc) is 2.38. The van der Waals surface area contributed by atoms with Crippen LogP contribution in [-0.4, -0.2) is 23.5 Å². The third-order valence-corrected chi connectivity index (χ3v) is 2.99. The number of pyridine rings is 1. The van der Waals surface area contributed by atoms with Gasteiger partial charge in [-0.25, -0.2) is 0 Å². The van der Waals surface area contributed by atoms with Gasteiger partial charge in [-0.1, -0.05) is 24.3 Å². The van der Waals surface area contributed by atoms with Crippen molar-refractivity contribution in [1.82, 2.24) is 10.3 Å². The van der Waals surface area contributed by atoms with Gasteiger partial charge in [-0.3, -0.25) is 9.78 Å². The first kappa shape index (κ1) is 12.5. The molecule has 1 aromatic carbocycles. The molecule has 1 heterocycles. The van der Waals surface area contributed by atoms with E-state index in [1.165, 1.54) is 5.56 Å². The normalized spacial score (nSPS) is 12.5. The van der Waals surface area contributed by atoms with Gasteiger partial charge < -0.3 is 11.1 Å². The predicted molar refractivity (Wildman–Crippen MR) is 72.1 cm³/mol. The fourth-order valence-corrected chi connectivity index (χ4v) is 1.89. The number of carbonyl (C=O) groups excluding carboxylic acids is 1. The first-order chi connectivity index (χ1) is 8.68. The highest BCUT2D eigenvalue weighted by atomic mass is 16.1. The highest BCUT2D eigenvalue weighted by Gasteiger charge is 2.07. The molecule has 0 spiro atoms. The quantitative estimate of drug-likeness (QED) is 0.830. The second-order valence-corrected chi connectivity index (χ2v) is 4.32. The lowest BCUT2D eigenvalue weighted by Gasteiger charge is -2.10. The van der Waals surface area contributed by atoms with Crippen LogP contribution in [-0.2, 0) is 11.2 Å². The zero-order chi connectivity index (χ0) is 13.0. The fourth-order valence-electron chi connectivity index (χ4n) is 1.89. The lowest BCUT2D eigenvalue weighted by Crippen LogP contribution is -2.39. The van der Waals surface area contributed by atoms with E-state index < -0.39 is 0 Å². The first-order valence-electron chi connectivity index (χ1n) is 6.04. The number of hydrogen-bond donors (Lipinski definition) is 2. The van der Waals surface area contributed by atoms with Crippen LogP contribution >= 0.6 is 0 Å². The number of rotatable bonds is 5. The lowest BCUT2D eigenvalue weighted by atomic mass is 10.1. The van der Waals surface area contributed by atoms with Crippen LogP contribution in [0, 0.1) is 0 Å². The molecule has 0 saturated heterocycles. The van der Waals surface area contributed by atoms with E-state index in [-0.39, 0.29) is 11.9 Å². The number of nitrogens with two attached hydrogens (primary N) is 1. The van der Waals surface area contributed by atoms with Gasteiger partial charge in [0.15, 0.2) is 0 Å². The molecule has 0 aliphatic heterocycles. The van der Waals surface area contributed by atoms with E-state index in [0.29, 0.717) is 6.54 Å². The Morgan fingerprint density at radius 1 is 1.39 bits per heavy atom. The molecule has 3 N–H and O–H groups in total. The molecule has 0 fully saturated rings. The number of nitrogens with one attached hydrogen (secondary N) is 1. The van der Waals surface area contributed by atoms with E-state index in [1.807, 2.05) is 24.3 Å². The molecular weight excluding hydrogens is 226 g/mol. The largest absolute Gasteiger partial charge is 0.368 e. The number of carbonyl (C=O) groups is 1. The molecule has 18 heavy (non-hydrogen) atoms. The summed E-state index contributed by atoms with van der Waals surface area (Å²) in [4.78, 5) is 15.3. The Morgan fingerprint density at radius 2 is 2.17 bits per heavy atom. The van der Waals surface area contributed by atoms with E-state index in [9.17, 15) is 4.79 Å². The number of amides is 1. The number of aromatic nitrogens is 1. The summed E-state index contributed by atoms with van der Waals surface area (Å²) in [5, 5.41) is 4.23. The third-order valence-electron chi connectivity index (χ3n) is 2.99. The van der Waals surface area contributed by atoms with Crippen LogP contribution in [0.1, 0.15) is 12.5 Å². The maximum atomic E-state index is 10.9. The highest BCUT2D eigenvalue weighted by molar-refractivity contribution is 5.81. The van der Waals surface area contributed by atoms with Gasteiger partial charge in [0.2, 0.25) is 5.91 Å². The molecular formula is C14H17N3O. The maximum absolute atomic E-state index is 10.9. The van der Waals surface area contributed by atoms with Crippen molar-refractivity contribution >= 4 is 16.8 Å². The van der Waals surface area contributed by atoms with Crippen molar-refractivity contribution in [2.75, 3.05) is 6.54 Å². The minimum atomic E-state index is -0.328. The molecule has 1 atom stereocenters. The molecule has 2 rings (SSSR count). The molecule has 0 bridgehead atoms. The molecule has 1 unspecified atom stereocenters. The molecule has 4 nitrogen and oxygen atoms in total. The Bertz CT molecular complexity index is 548. The van der Waals surface area contributed by atoms with Crippen molar-refractivity contribution in [3.05, 3.63) is 42.1 Å². The maximum Gasteiger partial charge on any atom is 0.234 e. The van der Waals surface area contributed by atoms with Crippen molar-refractivity contribution in [3.63, 3.8) is 0 Å². The second-order valence-electron chi connectivity index (χ2n) is 4.32. The number of benzene rings is 1. The molecule has 94 valence electrons. The third kappa shape index (κ3) is 2.84. The number of para-hydroxylation sites is 1. The molecule has 0 saturated carbocycles. The molecule has 0 radical (unpaired) electrons. The van der Waals surface area contributed by atoms with Gasteiger partial charge in [0, 0.05) is 11.6 Å². The van der Waals surface area contributed by atoms with Crippen molar-refractivity contribution in [1.29, 1.82) is 0 Å². The molecule has 1 aromatic heterocycles. The highest BCUT2D eigenvalue weighted by Crippen LogP contribution is 2.15. The van der Waals surface area contributed by atoms with Crippen LogP contribution in [0.25, 0.3) is 10.9 Å². The van der Waals surface area contributed by atoms with Crippen LogP contribution in [0.2, 0.25) is 0 Å². The van der Waals surface area contributed by atoms with E-state index >= 15 is 0 Å². The zero-order valence-electron chi connectivity index (χ0n) is 10.4. The summed E-state index contributed by atoms with van der Waals surface area (Å²) in [6, 6.07) is 9.81. The van der Waals surface area contributed by atoms with Gasteiger partial charge in [-0.05, 0) is 31.5 Å². The zero-order valence-corrected chi connectivity index (χ0v) is 10.4. The predicted octanol–water partition coefficient (Wildman–Crippen LogP) is 1.24. The summed E-state index contributed by atoms with van der Waals surface area (Å²) in [5.41, 5.74) is 7.39. The van der Waals surface area contributed by atoms with Crippen LogP contribution in [0.4, 0.5) is 0 Å². The standard InChI is InChI=1S/C14H17N3O/c1-10(14(15)18)16-9-7-12-5-2-4-11-6-3-8-17-13(11)12/h2-6,8,10,16H,7,9H2,1H3,(H2,15,18). The Hall–Kier alpha value is -1.94. The summed E-state index contributed by atoms with van der Waals surface area (Å²) in [6.07, 6.45) is 2.62. The van der Waals surface area contributed by atoms with Gasteiger partial charge in [0.1, 0.15) is 0 Å². The molecule has 4 heteroatoms. The minimum absolute atomic E-state index is 0.298. The Balaban J connectivity index is 2.06. The monoisotopic (exact) mass is 243 g/mol. The van der Waals surface area contributed by atoms with Crippen molar-refractivity contribution in [3.8, 4) is 0 Å². The average molecular weight is 243 g/mol. The summed E-state index contributed by atoms with van der Waals surface area (Å²) in [7, 11) is 0. The van der Waals surface area contributed by atoms with Gasteiger partial charge in [-0.2, -0.15) is 0 Å². The first-order valence-corrected chi connectivity index (χ1v) is 6.04. The van der Waals surface area contributed by atoms with Crippen molar-refractivity contribution < 1.29 is 4.79 Å². The van der Waals surface area contributed by atoms with Crippen LogP contribution in [0.15, 0.2) is 36.5 Å². The number of hydrogen-bond acceptors (Lipinski definition) is 3. The van der Waals surface area contributed by atoms with Crippen molar-refractivity contribution in [2.45, 2.75) is 19.4 Å². The Labute approximate surface area is 106 Å². The second kappa shape index (κ2) is 5.60. The number of fused-ring (bicyclic) bond motifs is 1. The topological polar surface area (TPSA) is 68.0 Å². The Morgan fingerprint density at radius 3 is 2.94 bits per heavy atom. The molecule has 0 aliphatic rings. The lowest BCUT2D eigenvalue weighted by molar-refractivity contribution is -0.119. The summed E-state index contributed by atoms with van der Waals surface area (Å²) in [6.45, 7) is 2.48. The van der Waals surface area contributed by atoms with E-state index in [4.69, 9.17) is 5.73 Å². The smallest absolute Gasteiger partial charge is 0.234 e. The fraction of sp³-hybridized carbons (Fsp3) is 0.286. The van der Waals surface area contributed by atoms with Crippen LogP contribution < -0.4 is 11.1 Å². The SMILES string of the molecule is CC(NCCc1cccc2cccnc12)C(N)=O. The summed E-state index contributed by atoms with van der Waals surface area (Å²) in [5.74, 6) is -0.328. The van der Waals surface area contributed by atoms with Crippen LogP contribution in [0.5, 0.6) is 0 Å². The van der Waals surface area contributed by atoms with Gasteiger partial charge in [0.05, 0.1) is 11.6 Å². The van der Waals surface area contributed by atoms with E-state index in [2.05, 4.69) is 16.4 Å². The van der Waals surface area contributed by atoms with E-state index in [0.717, 1.165) is 17.3 Å². The van der Waals surface area contributed by atoms with Gasteiger partial charge in [0.25, 0.3) is 0 Å². The number of primary amides is 1. The molecule has 2 aromatic rings. The molecule has 1 amide bonds. The Kier molecular flexibility index (Phi) is 3.89. The summed E-state index contributed by atoms with van der Waals surface area (Å²) >= 11 is 0. The van der Waals surface area contributed by atoms with Gasteiger partial charge in [-0.15, -0.1) is 0 Å². The summed E-state index contributed by atoms with van der Waals surface area (Å²) < 4.78 is 0. The van der Waals surface area contributed by atoms with Crippen molar-refractivity contribution in [2.24, 2.45) is 5.73 Å². The molecule has 0 aliphatic carbocycles. The van der Waals surface area contributed by atoms with E-state index in [1.54, 1.807) is 13.1 Å². The van der Waals surface area contributed by atoms with Gasteiger partial charge >= 0.3 is 0 Å². The van der Waals surface area contributed by atoms with Crippen LogP contribution in [0.3, 0.4) is 0 Å². The number of nitrogens with zero attached hydrogens (tertiary/aromatic N) is 1. The minimum Gasteiger partial charge on any atom is -0.368 e.